The van der Waals surface area contributed by atoms with Gasteiger partial charge in [-0.2, -0.15) is 4.98 Å². The molecule has 33 heavy (non-hydrogen) atoms. The summed E-state index contributed by atoms with van der Waals surface area (Å²) < 4.78 is 20.7. The molecule has 0 aliphatic carbocycles. The third-order valence-electron chi connectivity index (χ3n) is 5.38. The zero-order valence-electron chi connectivity index (χ0n) is 17.9. The van der Waals surface area contributed by atoms with Crippen LogP contribution in [-0.2, 0) is 4.79 Å². The van der Waals surface area contributed by atoms with Crippen LogP contribution >= 0.6 is 11.3 Å². The topological polar surface area (TPSA) is 81.1 Å². The van der Waals surface area contributed by atoms with Crippen molar-refractivity contribution in [2.75, 3.05) is 17.7 Å². The van der Waals surface area contributed by atoms with Gasteiger partial charge >= 0.3 is 0 Å². The quantitative estimate of drug-likeness (QED) is 0.433. The Hall–Kier alpha value is -3.98. The second-order valence-corrected chi connectivity index (χ2v) is 8.40. The molecular formula is C24H20FN5O2S. The zero-order valence-corrected chi connectivity index (χ0v) is 18.7. The fourth-order valence-electron chi connectivity index (χ4n) is 3.85. The molecule has 1 aliphatic rings. The summed E-state index contributed by atoms with van der Waals surface area (Å²) in [6.45, 7) is 1.82. The molecule has 1 aliphatic heterocycles. The van der Waals surface area contributed by atoms with E-state index in [0.29, 0.717) is 40.0 Å². The van der Waals surface area contributed by atoms with E-state index >= 15 is 0 Å². The van der Waals surface area contributed by atoms with Gasteiger partial charge in [-0.05, 0) is 48.2 Å². The number of benzene rings is 2. The lowest BCUT2D eigenvalue weighted by atomic mass is 9.95. The number of hydrogen-bond acceptors (Lipinski definition) is 6. The third-order valence-corrected chi connectivity index (χ3v) is 6.25. The van der Waals surface area contributed by atoms with Crippen LogP contribution in [0.25, 0.3) is 10.7 Å². The van der Waals surface area contributed by atoms with Crippen LogP contribution in [0.3, 0.4) is 0 Å². The van der Waals surface area contributed by atoms with E-state index in [1.165, 1.54) is 23.5 Å². The molecule has 0 bridgehead atoms. The number of anilines is 2. The lowest BCUT2D eigenvalue weighted by Gasteiger charge is -2.28. The van der Waals surface area contributed by atoms with Crippen LogP contribution in [0.5, 0.6) is 5.75 Å². The Kier molecular flexibility index (Phi) is 5.39. The molecule has 0 radical (unpaired) electrons. The number of aromatic nitrogens is 3. The number of amides is 1. The summed E-state index contributed by atoms with van der Waals surface area (Å²) in [5, 5.41) is 12.8. The number of rotatable bonds is 5. The highest BCUT2D eigenvalue weighted by molar-refractivity contribution is 7.13. The van der Waals surface area contributed by atoms with E-state index in [4.69, 9.17) is 9.84 Å². The van der Waals surface area contributed by atoms with Crippen molar-refractivity contribution >= 4 is 28.9 Å². The molecule has 7 nitrogen and oxygen atoms in total. The predicted molar refractivity (Wildman–Crippen MR) is 126 cm³/mol. The molecule has 1 atom stereocenters. The van der Waals surface area contributed by atoms with Gasteiger partial charge in [0.05, 0.1) is 23.2 Å². The first-order chi connectivity index (χ1) is 16.0. The van der Waals surface area contributed by atoms with Gasteiger partial charge in [0.2, 0.25) is 5.95 Å². The molecule has 0 saturated heterocycles. The lowest BCUT2D eigenvalue weighted by Crippen LogP contribution is -2.31. The van der Waals surface area contributed by atoms with E-state index in [-0.39, 0.29) is 11.7 Å². The largest absolute Gasteiger partial charge is 0.495 e. The van der Waals surface area contributed by atoms with E-state index in [2.05, 4.69) is 15.6 Å². The highest BCUT2D eigenvalue weighted by Crippen LogP contribution is 2.38. The number of carbonyl (C=O) groups excluding carboxylic acids is 1. The van der Waals surface area contributed by atoms with Crippen LogP contribution in [0.2, 0.25) is 0 Å². The molecule has 1 unspecified atom stereocenters. The van der Waals surface area contributed by atoms with Crippen LogP contribution in [0.4, 0.5) is 16.0 Å². The molecule has 2 N–H and O–H groups in total. The van der Waals surface area contributed by atoms with Gasteiger partial charge < -0.3 is 15.4 Å². The number of thiophene rings is 1. The number of fused-ring (bicyclic) bond motifs is 1. The predicted octanol–water partition coefficient (Wildman–Crippen LogP) is 5.08. The minimum atomic E-state index is -0.599. The summed E-state index contributed by atoms with van der Waals surface area (Å²) in [5.74, 6) is 0.939. The van der Waals surface area contributed by atoms with Gasteiger partial charge in [-0.1, -0.05) is 30.3 Å². The molecule has 0 saturated carbocycles. The molecule has 2 aromatic carbocycles. The van der Waals surface area contributed by atoms with Crippen LogP contribution in [0, 0.1) is 5.82 Å². The molecule has 2 aromatic heterocycles. The van der Waals surface area contributed by atoms with Gasteiger partial charge in [-0.25, -0.2) is 9.07 Å². The SMILES string of the molecule is COc1ccccc1NC(=O)C1=C(C)Nc2nc(-c3cccs3)nn2C1c1ccc(F)cc1. The number of ether oxygens (including phenoxy) is 1. The maximum Gasteiger partial charge on any atom is 0.255 e. The van der Waals surface area contributed by atoms with E-state index in [1.54, 1.807) is 36.1 Å². The molecular weight excluding hydrogens is 441 g/mol. The van der Waals surface area contributed by atoms with Crippen LogP contribution in [0.1, 0.15) is 18.5 Å². The standard InChI is InChI=1S/C24H20FN5O2S/c1-14-20(23(31)27-17-6-3-4-7-18(17)32-2)21(15-9-11-16(25)12-10-15)30-24(26-14)28-22(29-30)19-8-5-13-33-19/h3-13,21H,1-2H3,(H,27,31)(H,26,28,29). The average molecular weight is 462 g/mol. The molecule has 9 heteroatoms. The van der Waals surface area contributed by atoms with E-state index in [9.17, 15) is 9.18 Å². The van der Waals surface area contributed by atoms with Crippen molar-refractivity contribution in [1.29, 1.82) is 0 Å². The van der Waals surface area contributed by atoms with Gasteiger partial charge in [-0.15, -0.1) is 16.4 Å². The van der Waals surface area contributed by atoms with E-state index in [1.807, 2.05) is 36.6 Å². The second-order valence-electron chi connectivity index (χ2n) is 7.45. The van der Waals surface area contributed by atoms with Gasteiger partial charge in [0.1, 0.15) is 17.6 Å². The Labute approximate surface area is 193 Å². The molecule has 0 fully saturated rings. The summed E-state index contributed by atoms with van der Waals surface area (Å²) in [4.78, 5) is 19.1. The monoisotopic (exact) mass is 461 g/mol. The number of allylic oxidation sites excluding steroid dienone is 1. The Bertz CT molecular complexity index is 1350. The number of halogens is 1. The number of carbonyl (C=O) groups is 1. The van der Waals surface area contributed by atoms with E-state index in [0.717, 1.165) is 4.88 Å². The van der Waals surface area contributed by atoms with Crippen molar-refractivity contribution < 1.29 is 13.9 Å². The van der Waals surface area contributed by atoms with Crippen LogP contribution in [-0.4, -0.2) is 27.8 Å². The maximum absolute atomic E-state index is 13.7. The van der Waals surface area contributed by atoms with Crippen molar-refractivity contribution in [2.45, 2.75) is 13.0 Å². The second kappa shape index (κ2) is 8.51. The first-order valence-corrected chi connectivity index (χ1v) is 11.1. The molecule has 5 rings (SSSR count). The fraction of sp³-hybridized carbons (Fsp3) is 0.125. The number of nitrogens with one attached hydrogen (secondary N) is 2. The fourth-order valence-corrected chi connectivity index (χ4v) is 4.50. The molecule has 1 amide bonds. The Morgan fingerprint density at radius 2 is 1.94 bits per heavy atom. The van der Waals surface area contributed by atoms with Gasteiger partial charge in [-0.3, -0.25) is 4.79 Å². The summed E-state index contributed by atoms with van der Waals surface area (Å²) in [7, 11) is 1.55. The Morgan fingerprint density at radius 3 is 2.67 bits per heavy atom. The molecule has 0 spiro atoms. The zero-order chi connectivity index (χ0) is 22.9. The van der Waals surface area contributed by atoms with Gasteiger partial charge in [0, 0.05) is 5.70 Å². The van der Waals surface area contributed by atoms with E-state index < -0.39 is 6.04 Å². The summed E-state index contributed by atoms with van der Waals surface area (Å²) in [6, 6.07) is 16.5. The van der Waals surface area contributed by atoms with Crippen molar-refractivity contribution in [1.82, 2.24) is 14.8 Å². The summed E-state index contributed by atoms with van der Waals surface area (Å²) in [5.41, 5.74) is 2.34. The molecule has 3 heterocycles. The summed E-state index contributed by atoms with van der Waals surface area (Å²) in [6.07, 6.45) is 0. The number of hydrogen-bond donors (Lipinski definition) is 2. The Morgan fingerprint density at radius 1 is 1.15 bits per heavy atom. The van der Waals surface area contributed by atoms with Crippen LogP contribution < -0.4 is 15.4 Å². The van der Waals surface area contributed by atoms with Crippen molar-refractivity contribution in [2.24, 2.45) is 0 Å². The minimum absolute atomic E-state index is 0.322. The molecule has 166 valence electrons. The smallest absolute Gasteiger partial charge is 0.255 e. The van der Waals surface area contributed by atoms with Crippen LogP contribution in [0.15, 0.2) is 77.3 Å². The van der Waals surface area contributed by atoms with Gasteiger partial charge in [0.25, 0.3) is 5.91 Å². The third kappa shape index (κ3) is 3.87. The minimum Gasteiger partial charge on any atom is -0.495 e. The van der Waals surface area contributed by atoms with Crippen molar-refractivity contribution in [3.63, 3.8) is 0 Å². The maximum atomic E-state index is 13.7. The first-order valence-electron chi connectivity index (χ1n) is 10.2. The summed E-state index contributed by atoms with van der Waals surface area (Å²) >= 11 is 1.53. The highest BCUT2D eigenvalue weighted by atomic mass is 32.1. The number of para-hydroxylation sites is 2. The van der Waals surface area contributed by atoms with Gasteiger partial charge in [0.15, 0.2) is 5.82 Å². The van der Waals surface area contributed by atoms with Crippen molar-refractivity contribution in [3.05, 3.63) is 88.7 Å². The highest BCUT2D eigenvalue weighted by Gasteiger charge is 2.34. The Balaban J connectivity index is 1.60. The molecule has 4 aromatic rings. The first kappa shape index (κ1) is 20.9. The average Bonchev–Trinajstić information content (AvgIpc) is 3.49. The number of methoxy groups -OCH3 is 1. The van der Waals surface area contributed by atoms with Crippen molar-refractivity contribution in [3.8, 4) is 16.5 Å². The lowest BCUT2D eigenvalue weighted by molar-refractivity contribution is -0.113. The number of nitrogens with zero attached hydrogens (tertiary/aromatic N) is 3. The normalized spacial score (nSPS) is 15.1.